The molecule has 0 spiro atoms. The second kappa shape index (κ2) is 9.62. The maximum Gasteiger partial charge on any atom is 0.271 e. The first-order chi connectivity index (χ1) is 15.9. The number of carbonyl (C=O) groups is 1. The monoisotopic (exact) mass is 467 g/mol. The van der Waals surface area contributed by atoms with Gasteiger partial charge in [0.25, 0.3) is 11.5 Å². The van der Waals surface area contributed by atoms with Crippen LogP contribution in [0.2, 0.25) is 5.02 Å². The van der Waals surface area contributed by atoms with Crippen LogP contribution in [0.4, 0.5) is 14.5 Å². The van der Waals surface area contributed by atoms with Gasteiger partial charge in [-0.1, -0.05) is 23.7 Å². The van der Waals surface area contributed by atoms with Crippen molar-refractivity contribution in [3.8, 4) is 11.6 Å². The fourth-order valence-electron chi connectivity index (χ4n) is 2.98. The predicted molar refractivity (Wildman–Crippen MR) is 120 cm³/mol. The van der Waals surface area contributed by atoms with E-state index in [1.165, 1.54) is 48.5 Å². The van der Waals surface area contributed by atoms with Crippen LogP contribution in [0.15, 0.2) is 83.7 Å². The Morgan fingerprint density at radius 1 is 0.970 bits per heavy atom. The van der Waals surface area contributed by atoms with E-state index in [1.807, 2.05) is 0 Å². The minimum atomic E-state index is -0.512. The second-order valence-electron chi connectivity index (χ2n) is 6.97. The van der Waals surface area contributed by atoms with E-state index in [0.29, 0.717) is 16.8 Å². The SMILES string of the molecule is O=C(Nc1ccc(F)cc1Cl)c1ccc(-n2nc(OCc3cccc(F)c3)ccc2=O)cc1. The van der Waals surface area contributed by atoms with E-state index in [4.69, 9.17) is 16.3 Å². The van der Waals surface area contributed by atoms with Gasteiger partial charge in [0, 0.05) is 17.7 Å². The van der Waals surface area contributed by atoms with Gasteiger partial charge in [-0.3, -0.25) is 9.59 Å². The molecule has 0 atom stereocenters. The van der Waals surface area contributed by atoms with Gasteiger partial charge in [-0.05, 0) is 60.2 Å². The number of amides is 1. The molecule has 0 aliphatic heterocycles. The number of nitrogens with one attached hydrogen (secondary N) is 1. The van der Waals surface area contributed by atoms with Gasteiger partial charge < -0.3 is 10.1 Å². The summed E-state index contributed by atoms with van der Waals surface area (Å²) in [6, 6.07) is 18.4. The van der Waals surface area contributed by atoms with Crippen molar-refractivity contribution in [2.45, 2.75) is 6.61 Å². The van der Waals surface area contributed by atoms with E-state index in [9.17, 15) is 18.4 Å². The van der Waals surface area contributed by atoms with Gasteiger partial charge in [-0.2, -0.15) is 4.68 Å². The molecule has 1 N–H and O–H groups in total. The topological polar surface area (TPSA) is 73.2 Å². The van der Waals surface area contributed by atoms with Gasteiger partial charge >= 0.3 is 0 Å². The minimum Gasteiger partial charge on any atom is -0.472 e. The van der Waals surface area contributed by atoms with Crippen LogP contribution in [0.3, 0.4) is 0 Å². The average molecular weight is 468 g/mol. The number of halogens is 3. The van der Waals surface area contributed by atoms with Crippen LogP contribution in [0, 0.1) is 11.6 Å². The summed E-state index contributed by atoms with van der Waals surface area (Å²) in [7, 11) is 0. The number of hydrogen-bond donors (Lipinski definition) is 1. The number of benzene rings is 3. The van der Waals surface area contributed by atoms with Gasteiger partial charge in [-0.25, -0.2) is 8.78 Å². The zero-order chi connectivity index (χ0) is 23.4. The normalized spacial score (nSPS) is 10.6. The molecule has 1 aromatic heterocycles. The second-order valence-corrected chi connectivity index (χ2v) is 7.37. The number of carbonyl (C=O) groups excluding carboxylic acids is 1. The summed E-state index contributed by atoms with van der Waals surface area (Å²) in [4.78, 5) is 24.8. The van der Waals surface area contributed by atoms with E-state index in [2.05, 4.69) is 10.4 Å². The molecule has 4 aromatic rings. The molecule has 0 saturated carbocycles. The van der Waals surface area contributed by atoms with Crippen LogP contribution in [0.1, 0.15) is 15.9 Å². The summed E-state index contributed by atoms with van der Waals surface area (Å²) in [5.41, 5.74) is 1.20. The molecule has 3 aromatic carbocycles. The molecule has 0 aliphatic rings. The number of ether oxygens (including phenoxy) is 1. The van der Waals surface area contributed by atoms with Crippen LogP contribution >= 0.6 is 11.6 Å². The van der Waals surface area contributed by atoms with Crippen molar-refractivity contribution in [2.75, 3.05) is 5.32 Å². The predicted octanol–water partition coefficient (Wildman–Crippen LogP) is 5.00. The first kappa shape index (κ1) is 22.2. The number of nitrogens with zero attached hydrogens (tertiary/aromatic N) is 2. The van der Waals surface area contributed by atoms with Gasteiger partial charge in [0.1, 0.15) is 18.2 Å². The molecule has 1 heterocycles. The Balaban J connectivity index is 1.49. The Kier molecular flexibility index (Phi) is 6.46. The summed E-state index contributed by atoms with van der Waals surface area (Å²) in [6.45, 7) is 0.0774. The average Bonchev–Trinajstić information content (AvgIpc) is 2.80. The molecule has 0 aliphatic carbocycles. The molecule has 0 saturated heterocycles. The molecule has 166 valence electrons. The number of anilines is 1. The molecule has 0 fully saturated rings. The minimum absolute atomic E-state index is 0.0748. The van der Waals surface area contributed by atoms with Crippen molar-refractivity contribution in [1.29, 1.82) is 0 Å². The molecule has 33 heavy (non-hydrogen) atoms. The third-order valence-electron chi connectivity index (χ3n) is 4.60. The summed E-state index contributed by atoms with van der Waals surface area (Å²) in [6.07, 6.45) is 0. The summed E-state index contributed by atoms with van der Waals surface area (Å²) < 4.78 is 33.2. The molecule has 0 radical (unpaired) electrons. The maximum atomic E-state index is 13.3. The smallest absolute Gasteiger partial charge is 0.271 e. The fourth-order valence-corrected chi connectivity index (χ4v) is 3.19. The molecular weight excluding hydrogens is 452 g/mol. The highest BCUT2D eigenvalue weighted by Crippen LogP contribution is 2.23. The van der Waals surface area contributed by atoms with Gasteiger partial charge in [-0.15, -0.1) is 5.10 Å². The van der Waals surface area contributed by atoms with Crippen LogP contribution < -0.4 is 15.6 Å². The van der Waals surface area contributed by atoms with Crippen LogP contribution in [-0.2, 0) is 6.61 Å². The molecule has 6 nitrogen and oxygen atoms in total. The molecule has 9 heteroatoms. The third-order valence-corrected chi connectivity index (χ3v) is 4.92. The lowest BCUT2D eigenvalue weighted by Crippen LogP contribution is -2.20. The van der Waals surface area contributed by atoms with E-state index in [0.717, 1.165) is 10.7 Å². The summed E-state index contributed by atoms with van der Waals surface area (Å²) >= 11 is 5.94. The Morgan fingerprint density at radius 3 is 2.45 bits per heavy atom. The highest BCUT2D eigenvalue weighted by molar-refractivity contribution is 6.33. The quantitative estimate of drug-likeness (QED) is 0.433. The first-order valence-corrected chi connectivity index (χ1v) is 10.1. The highest BCUT2D eigenvalue weighted by Gasteiger charge is 2.11. The van der Waals surface area contributed by atoms with Crippen molar-refractivity contribution >= 4 is 23.2 Å². The Hall–Kier alpha value is -4.04. The summed E-state index contributed by atoms with van der Waals surface area (Å²) in [5, 5.41) is 6.85. The molecular formula is C24H16ClF2N3O3. The number of aromatic nitrogens is 2. The van der Waals surface area contributed by atoms with Crippen molar-refractivity contribution in [3.05, 3.63) is 117 Å². The van der Waals surface area contributed by atoms with Crippen molar-refractivity contribution in [3.63, 3.8) is 0 Å². The van der Waals surface area contributed by atoms with Crippen molar-refractivity contribution < 1.29 is 18.3 Å². The van der Waals surface area contributed by atoms with E-state index < -0.39 is 17.3 Å². The van der Waals surface area contributed by atoms with Crippen LogP contribution in [-0.4, -0.2) is 15.7 Å². The van der Waals surface area contributed by atoms with E-state index in [-0.39, 0.29) is 29.0 Å². The standard InChI is InChI=1S/C24H16ClF2N3O3/c25-20-13-18(27)6-9-21(20)28-24(32)16-4-7-19(8-5-16)30-23(31)11-10-22(29-30)33-14-15-2-1-3-17(26)12-15/h1-13H,14H2,(H,28,32). The van der Waals surface area contributed by atoms with Gasteiger partial charge in [0.2, 0.25) is 5.88 Å². The maximum absolute atomic E-state index is 13.3. The van der Waals surface area contributed by atoms with Crippen molar-refractivity contribution in [1.82, 2.24) is 9.78 Å². The molecule has 4 rings (SSSR count). The lowest BCUT2D eigenvalue weighted by atomic mass is 10.2. The summed E-state index contributed by atoms with van der Waals surface area (Å²) in [5.74, 6) is -1.17. The van der Waals surface area contributed by atoms with Crippen LogP contribution in [0.5, 0.6) is 5.88 Å². The first-order valence-electron chi connectivity index (χ1n) is 9.73. The fraction of sp³-hybridized carbons (Fsp3) is 0.0417. The Bertz CT molecular complexity index is 1370. The van der Waals surface area contributed by atoms with Gasteiger partial charge in [0.05, 0.1) is 16.4 Å². The van der Waals surface area contributed by atoms with Gasteiger partial charge in [0.15, 0.2) is 0 Å². The largest absolute Gasteiger partial charge is 0.472 e. The zero-order valence-electron chi connectivity index (χ0n) is 17.0. The van der Waals surface area contributed by atoms with Crippen LogP contribution in [0.25, 0.3) is 5.69 Å². The highest BCUT2D eigenvalue weighted by atomic mass is 35.5. The zero-order valence-corrected chi connectivity index (χ0v) is 17.7. The van der Waals surface area contributed by atoms with Crippen molar-refractivity contribution in [2.24, 2.45) is 0 Å². The number of rotatable bonds is 6. The lowest BCUT2D eigenvalue weighted by Gasteiger charge is -2.10. The van der Waals surface area contributed by atoms with E-state index >= 15 is 0 Å². The molecule has 0 bridgehead atoms. The Morgan fingerprint density at radius 2 is 1.73 bits per heavy atom. The molecule has 1 amide bonds. The molecule has 0 unspecified atom stereocenters. The number of hydrogen-bond acceptors (Lipinski definition) is 4. The Labute approximate surface area is 192 Å². The lowest BCUT2D eigenvalue weighted by molar-refractivity contribution is 0.102. The van der Waals surface area contributed by atoms with E-state index in [1.54, 1.807) is 24.3 Å². The third kappa shape index (κ3) is 5.42.